The molecule has 3 rings (SSSR count). The van der Waals surface area contributed by atoms with Crippen molar-refractivity contribution < 1.29 is 9.84 Å². The second-order valence-electron chi connectivity index (χ2n) is 5.88. The quantitative estimate of drug-likeness (QED) is 0.837. The lowest BCUT2D eigenvalue weighted by Gasteiger charge is -2.30. The van der Waals surface area contributed by atoms with Gasteiger partial charge in [-0.2, -0.15) is 10.2 Å². The molecule has 1 atom stereocenters. The van der Waals surface area contributed by atoms with Gasteiger partial charge in [-0.1, -0.05) is 11.3 Å². The molecular weight excluding hydrogens is 312 g/mol. The van der Waals surface area contributed by atoms with Crippen LogP contribution in [-0.2, 0) is 13.0 Å². The summed E-state index contributed by atoms with van der Waals surface area (Å²) in [5.41, 5.74) is 2.52. The lowest BCUT2D eigenvalue weighted by atomic mass is 9.89. The van der Waals surface area contributed by atoms with Gasteiger partial charge >= 0.3 is 0 Å². The molecule has 2 aromatic heterocycles. The van der Waals surface area contributed by atoms with E-state index in [-0.39, 0.29) is 12.7 Å². The lowest BCUT2D eigenvalue weighted by molar-refractivity contribution is 0.110. The lowest BCUT2D eigenvalue weighted by Crippen LogP contribution is -2.38. The summed E-state index contributed by atoms with van der Waals surface area (Å²) in [4.78, 5) is 4.31. The number of rotatable bonds is 6. The molecule has 0 aliphatic carbocycles. The monoisotopic (exact) mass is 334 g/mol. The fourth-order valence-corrected chi connectivity index (χ4v) is 3.52. The minimum atomic E-state index is -0.0543. The molecule has 2 N–H and O–H groups in total. The van der Waals surface area contributed by atoms with Gasteiger partial charge in [-0.15, -0.1) is 0 Å². The molecule has 1 unspecified atom stereocenters. The van der Waals surface area contributed by atoms with Crippen molar-refractivity contribution in [3.63, 3.8) is 0 Å². The molecule has 6 nitrogen and oxygen atoms in total. The number of aliphatic hydroxyl groups excluding tert-OH is 1. The van der Waals surface area contributed by atoms with Crippen LogP contribution in [0.25, 0.3) is 0 Å². The Morgan fingerprint density at radius 2 is 2.13 bits per heavy atom. The van der Waals surface area contributed by atoms with Crippen LogP contribution >= 0.6 is 11.3 Å². The maximum atomic E-state index is 9.16. The van der Waals surface area contributed by atoms with Gasteiger partial charge in [0, 0.05) is 11.8 Å². The summed E-state index contributed by atoms with van der Waals surface area (Å²) in [5.74, 6) is 0.473. The zero-order valence-corrected chi connectivity index (χ0v) is 14.1. The number of ether oxygens (including phenoxy) is 1. The van der Waals surface area contributed by atoms with Crippen molar-refractivity contribution in [2.75, 3.05) is 13.1 Å². The van der Waals surface area contributed by atoms with Gasteiger partial charge in [0.2, 0.25) is 0 Å². The highest BCUT2D eigenvalue weighted by Gasteiger charge is 2.27. The van der Waals surface area contributed by atoms with Crippen molar-refractivity contribution in [1.29, 1.82) is 0 Å². The third-order valence-corrected chi connectivity index (χ3v) is 4.90. The van der Waals surface area contributed by atoms with Gasteiger partial charge in [-0.05, 0) is 50.9 Å². The molecule has 0 bridgehead atoms. The normalized spacial score (nSPS) is 17.1. The van der Waals surface area contributed by atoms with E-state index in [1.807, 2.05) is 24.4 Å². The Morgan fingerprint density at radius 3 is 2.78 bits per heavy atom. The molecule has 7 heteroatoms. The molecule has 0 saturated carbocycles. The molecular formula is C16H22N4O2S. The van der Waals surface area contributed by atoms with Crippen molar-refractivity contribution in [3.8, 4) is 5.19 Å². The first-order valence-electron chi connectivity index (χ1n) is 7.96. The largest absolute Gasteiger partial charge is 0.466 e. The third-order valence-electron chi connectivity index (χ3n) is 4.12. The van der Waals surface area contributed by atoms with Crippen LogP contribution in [0.4, 0.5) is 0 Å². The number of hydrogen-bond acceptors (Lipinski definition) is 7. The van der Waals surface area contributed by atoms with E-state index in [9.17, 15) is 0 Å². The van der Waals surface area contributed by atoms with Crippen molar-refractivity contribution in [2.45, 2.75) is 38.9 Å². The first-order chi connectivity index (χ1) is 11.2. The average Bonchev–Trinajstić information content (AvgIpc) is 3.05. The average molecular weight is 334 g/mol. The minimum absolute atomic E-state index is 0.0341. The molecule has 23 heavy (non-hydrogen) atoms. The molecule has 1 saturated heterocycles. The zero-order chi connectivity index (χ0) is 16.1. The summed E-state index contributed by atoms with van der Waals surface area (Å²) >= 11 is 1.43. The molecule has 0 aromatic carbocycles. The van der Waals surface area contributed by atoms with E-state index in [4.69, 9.17) is 9.84 Å². The second kappa shape index (κ2) is 7.81. The van der Waals surface area contributed by atoms with Gasteiger partial charge < -0.3 is 15.2 Å². The van der Waals surface area contributed by atoms with Crippen molar-refractivity contribution >= 4 is 11.3 Å². The Bertz CT molecular complexity index is 611. The van der Waals surface area contributed by atoms with E-state index in [0.717, 1.165) is 43.7 Å². The predicted molar refractivity (Wildman–Crippen MR) is 88.5 cm³/mol. The molecule has 1 aliphatic rings. The van der Waals surface area contributed by atoms with Crippen LogP contribution in [0, 0.1) is 12.8 Å². The number of piperidine rings is 1. The second-order valence-corrected chi connectivity index (χ2v) is 6.70. The fourth-order valence-electron chi connectivity index (χ4n) is 2.81. The summed E-state index contributed by atoms with van der Waals surface area (Å²) in [5, 5.41) is 23.4. The third kappa shape index (κ3) is 4.46. The summed E-state index contributed by atoms with van der Waals surface area (Å²) in [6.45, 7) is 3.92. The Hall–Kier alpha value is -1.57. The van der Waals surface area contributed by atoms with E-state index in [2.05, 4.69) is 20.5 Å². The Balaban J connectivity index is 1.73. The molecule has 1 aliphatic heterocycles. The first kappa shape index (κ1) is 16.3. The van der Waals surface area contributed by atoms with E-state index >= 15 is 0 Å². The summed E-state index contributed by atoms with van der Waals surface area (Å²) < 4.78 is 6.17. The Labute approximate surface area is 139 Å². The van der Waals surface area contributed by atoms with Crippen LogP contribution in [0.2, 0.25) is 0 Å². The Morgan fingerprint density at radius 1 is 1.30 bits per heavy atom. The van der Waals surface area contributed by atoms with Crippen LogP contribution in [0.1, 0.15) is 29.9 Å². The number of thiazole rings is 1. The molecule has 124 valence electrons. The van der Waals surface area contributed by atoms with Crippen LogP contribution in [0.15, 0.2) is 17.5 Å². The maximum absolute atomic E-state index is 9.16. The topological polar surface area (TPSA) is 80.2 Å². The Kier molecular flexibility index (Phi) is 5.53. The number of nitrogens with one attached hydrogen (secondary N) is 1. The van der Waals surface area contributed by atoms with Crippen molar-refractivity contribution in [1.82, 2.24) is 20.5 Å². The molecule has 2 aromatic rings. The number of aryl methyl sites for hydroxylation is 1. The van der Waals surface area contributed by atoms with Crippen LogP contribution < -0.4 is 10.1 Å². The highest BCUT2D eigenvalue weighted by molar-refractivity contribution is 7.11. The molecule has 1 fully saturated rings. The van der Waals surface area contributed by atoms with Crippen molar-refractivity contribution in [3.05, 3.63) is 34.6 Å². The van der Waals surface area contributed by atoms with Crippen LogP contribution in [0.5, 0.6) is 5.19 Å². The zero-order valence-electron chi connectivity index (χ0n) is 13.2. The number of nitrogens with zero attached hydrogens (tertiary/aromatic N) is 3. The van der Waals surface area contributed by atoms with E-state index < -0.39 is 0 Å². The standard InChI is InChI=1S/C16H22N4O2S/c1-11-2-3-13(20-19-11)8-15(12-4-6-17-7-5-12)22-16-18-14(9-21)10-23-16/h2-3,10,12,15,17,21H,4-9H2,1H3. The van der Waals surface area contributed by atoms with Crippen LogP contribution in [-0.4, -0.2) is 39.5 Å². The smallest absolute Gasteiger partial charge is 0.273 e. The van der Waals surface area contributed by atoms with E-state index in [0.29, 0.717) is 16.8 Å². The van der Waals surface area contributed by atoms with Gasteiger partial charge in [0.25, 0.3) is 5.19 Å². The number of aromatic nitrogens is 3. The maximum Gasteiger partial charge on any atom is 0.273 e. The molecule has 0 spiro atoms. The van der Waals surface area contributed by atoms with Gasteiger partial charge in [0.15, 0.2) is 0 Å². The summed E-state index contributed by atoms with van der Waals surface area (Å²) in [7, 11) is 0. The van der Waals surface area contributed by atoms with Crippen molar-refractivity contribution in [2.24, 2.45) is 5.92 Å². The van der Waals surface area contributed by atoms with E-state index in [1.165, 1.54) is 11.3 Å². The number of hydrogen-bond donors (Lipinski definition) is 2. The molecule has 0 radical (unpaired) electrons. The predicted octanol–water partition coefficient (Wildman–Crippen LogP) is 1.72. The first-order valence-corrected chi connectivity index (χ1v) is 8.84. The highest BCUT2D eigenvalue weighted by atomic mass is 32.1. The van der Waals surface area contributed by atoms with Gasteiger partial charge in [-0.3, -0.25) is 0 Å². The summed E-state index contributed by atoms with van der Waals surface area (Å²) in [6, 6.07) is 4.00. The number of aliphatic hydroxyl groups is 1. The van der Waals surface area contributed by atoms with Gasteiger partial charge in [-0.25, -0.2) is 4.98 Å². The SMILES string of the molecule is Cc1ccc(CC(Oc2nc(CO)cs2)C2CCNCC2)nn1. The van der Waals surface area contributed by atoms with Gasteiger partial charge in [0.05, 0.1) is 23.7 Å². The fraction of sp³-hybridized carbons (Fsp3) is 0.562. The molecule has 0 amide bonds. The highest BCUT2D eigenvalue weighted by Crippen LogP contribution is 2.26. The van der Waals surface area contributed by atoms with Gasteiger partial charge in [0.1, 0.15) is 6.10 Å². The van der Waals surface area contributed by atoms with Crippen LogP contribution in [0.3, 0.4) is 0 Å². The summed E-state index contributed by atoms with van der Waals surface area (Å²) in [6.07, 6.45) is 2.93. The van der Waals surface area contributed by atoms with E-state index in [1.54, 1.807) is 0 Å². The molecule has 3 heterocycles. The minimum Gasteiger partial charge on any atom is -0.466 e.